The van der Waals surface area contributed by atoms with Crippen LogP contribution in [0.4, 0.5) is 0 Å². The number of para-hydroxylation sites is 2. The summed E-state index contributed by atoms with van der Waals surface area (Å²) in [6.45, 7) is 4.13. The topological polar surface area (TPSA) is 33.7 Å². The van der Waals surface area contributed by atoms with Gasteiger partial charge in [0.05, 0.1) is 7.11 Å². The van der Waals surface area contributed by atoms with Crippen molar-refractivity contribution in [3.05, 3.63) is 24.3 Å². The number of benzene rings is 1. The minimum Gasteiger partial charge on any atom is -0.493 e. The van der Waals surface area contributed by atoms with E-state index in [2.05, 4.69) is 10.2 Å². The third-order valence-corrected chi connectivity index (χ3v) is 4.69. The third kappa shape index (κ3) is 3.50. The number of nitrogens with one attached hydrogen (secondary N) is 1. The monoisotopic (exact) mass is 290 g/mol. The minimum atomic E-state index is 0.645. The summed E-state index contributed by atoms with van der Waals surface area (Å²) in [6.07, 6.45) is 5.39. The van der Waals surface area contributed by atoms with Gasteiger partial charge in [0.1, 0.15) is 6.61 Å². The number of hydrogen-bond donors (Lipinski definition) is 1. The van der Waals surface area contributed by atoms with Crippen molar-refractivity contribution in [2.24, 2.45) is 0 Å². The van der Waals surface area contributed by atoms with E-state index in [1.54, 1.807) is 7.11 Å². The van der Waals surface area contributed by atoms with Crippen molar-refractivity contribution in [3.8, 4) is 11.5 Å². The molecule has 21 heavy (non-hydrogen) atoms. The van der Waals surface area contributed by atoms with Gasteiger partial charge in [-0.15, -0.1) is 0 Å². The maximum absolute atomic E-state index is 5.82. The van der Waals surface area contributed by atoms with Gasteiger partial charge in [-0.25, -0.2) is 0 Å². The molecule has 116 valence electrons. The Morgan fingerprint density at radius 1 is 1.14 bits per heavy atom. The number of ether oxygens (including phenoxy) is 2. The van der Waals surface area contributed by atoms with Crippen LogP contribution in [0.1, 0.15) is 25.7 Å². The predicted molar refractivity (Wildman–Crippen MR) is 84.1 cm³/mol. The second-order valence-electron chi connectivity index (χ2n) is 5.95. The maximum Gasteiger partial charge on any atom is 0.161 e. The van der Waals surface area contributed by atoms with E-state index < -0.39 is 0 Å². The Balaban J connectivity index is 1.42. The first-order chi connectivity index (χ1) is 10.4. The highest BCUT2D eigenvalue weighted by Gasteiger charge is 2.34. The molecule has 2 aliphatic rings. The molecule has 2 atom stereocenters. The second-order valence-corrected chi connectivity index (χ2v) is 5.95. The molecule has 0 spiro atoms. The van der Waals surface area contributed by atoms with Crippen LogP contribution in [0.5, 0.6) is 11.5 Å². The quantitative estimate of drug-likeness (QED) is 0.815. The molecule has 3 rings (SSSR count). The van der Waals surface area contributed by atoms with Gasteiger partial charge in [0.2, 0.25) is 0 Å². The summed E-state index contributed by atoms with van der Waals surface area (Å²) in [6, 6.07) is 9.22. The molecule has 1 N–H and O–H groups in total. The van der Waals surface area contributed by atoms with Crippen molar-refractivity contribution >= 4 is 0 Å². The van der Waals surface area contributed by atoms with Gasteiger partial charge in [-0.3, -0.25) is 4.90 Å². The van der Waals surface area contributed by atoms with E-state index in [1.807, 2.05) is 24.3 Å². The number of fused-ring (bicyclic) bond motifs is 1. The zero-order valence-corrected chi connectivity index (χ0v) is 12.9. The van der Waals surface area contributed by atoms with Crippen molar-refractivity contribution in [1.29, 1.82) is 0 Å². The van der Waals surface area contributed by atoms with Crippen LogP contribution in [-0.4, -0.2) is 50.3 Å². The molecule has 2 unspecified atom stereocenters. The molecular weight excluding hydrogens is 264 g/mol. The van der Waals surface area contributed by atoms with Crippen LogP contribution < -0.4 is 14.8 Å². The van der Waals surface area contributed by atoms with Crippen LogP contribution in [0.15, 0.2) is 24.3 Å². The van der Waals surface area contributed by atoms with Crippen molar-refractivity contribution in [3.63, 3.8) is 0 Å². The van der Waals surface area contributed by atoms with E-state index in [9.17, 15) is 0 Å². The first-order valence-corrected chi connectivity index (χ1v) is 8.12. The lowest BCUT2D eigenvalue weighted by atomic mass is 9.99. The number of rotatable bonds is 6. The summed E-state index contributed by atoms with van der Waals surface area (Å²) in [7, 11) is 1.68. The molecule has 1 aromatic rings. The van der Waals surface area contributed by atoms with Gasteiger partial charge in [0.25, 0.3) is 0 Å². The van der Waals surface area contributed by atoms with Gasteiger partial charge in [-0.2, -0.15) is 0 Å². The fourth-order valence-corrected chi connectivity index (χ4v) is 3.63. The SMILES string of the molecule is COc1ccccc1OCCNC1CCN2CCCCC12. The molecule has 0 amide bonds. The highest BCUT2D eigenvalue weighted by Crippen LogP contribution is 2.27. The molecule has 0 aromatic heterocycles. The second kappa shape index (κ2) is 7.14. The minimum absolute atomic E-state index is 0.645. The summed E-state index contributed by atoms with van der Waals surface area (Å²) < 4.78 is 11.1. The van der Waals surface area contributed by atoms with Crippen molar-refractivity contribution in [2.75, 3.05) is 33.4 Å². The number of nitrogens with zero attached hydrogens (tertiary/aromatic N) is 1. The third-order valence-electron chi connectivity index (χ3n) is 4.69. The van der Waals surface area contributed by atoms with Crippen LogP contribution in [0, 0.1) is 0 Å². The zero-order chi connectivity index (χ0) is 14.5. The molecule has 0 bridgehead atoms. The Hall–Kier alpha value is -1.26. The first-order valence-electron chi connectivity index (χ1n) is 8.12. The Kier molecular flexibility index (Phi) is 4.99. The molecule has 0 aliphatic carbocycles. The zero-order valence-electron chi connectivity index (χ0n) is 12.9. The molecule has 4 nitrogen and oxygen atoms in total. The van der Waals surface area contributed by atoms with Crippen molar-refractivity contribution in [2.45, 2.75) is 37.8 Å². The van der Waals surface area contributed by atoms with Gasteiger partial charge in [0.15, 0.2) is 11.5 Å². The Bertz CT molecular complexity index is 452. The lowest BCUT2D eigenvalue weighted by Gasteiger charge is -2.32. The molecule has 4 heteroatoms. The molecule has 2 fully saturated rings. The van der Waals surface area contributed by atoms with Crippen LogP contribution in [-0.2, 0) is 0 Å². The van der Waals surface area contributed by atoms with E-state index in [0.29, 0.717) is 12.6 Å². The van der Waals surface area contributed by atoms with E-state index in [0.717, 1.165) is 24.1 Å². The van der Waals surface area contributed by atoms with Crippen LogP contribution >= 0.6 is 0 Å². The number of hydrogen-bond acceptors (Lipinski definition) is 4. The predicted octanol–water partition coefficient (Wildman–Crippen LogP) is 2.29. The molecule has 1 aromatic carbocycles. The van der Waals surface area contributed by atoms with Gasteiger partial charge in [-0.05, 0) is 37.9 Å². The Morgan fingerprint density at radius 3 is 2.86 bits per heavy atom. The normalized spacial score (nSPS) is 25.6. The van der Waals surface area contributed by atoms with Crippen LogP contribution in [0.3, 0.4) is 0 Å². The summed E-state index contributed by atoms with van der Waals surface area (Å²) in [4.78, 5) is 2.66. The number of methoxy groups -OCH3 is 1. The molecule has 2 saturated heterocycles. The van der Waals surface area contributed by atoms with E-state index in [1.165, 1.54) is 38.8 Å². The van der Waals surface area contributed by atoms with Crippen molar-refractivity contribution < 1.29 is 9.47 Å². The lowest BCUT2D eigenvalue weighted by Crippen LogP contribution is -2.45. The largest absolute Gasteiger partial charge is 0.493 e. The maximum atomic E-state index is 5.82. The Morgan fingerprint density at radius 2 is 2.00 bits per heavy atom. The van der Waals surface area contributed by atoms with Gasteiger partial charge in [-0.1, -0.05) is 18.6 Å². The smallest absolute Gasteiger partial charge is 0.161 e. The summed E-state index contributed by atoms with van der Waals surface area (Å²) >= 11 is 0. The lowest BCUT2D eigenvalue weighted by molar-refractivity contribution is 0.178. The number of piperidine rings is 1. The first kappa shape index (κ1) is 14.7. The fourth-order valence-electron chi connectivity index (χ4n) is 3.63. The molecule has 2 aliphatic heterocycles. The fraction of sp³-hybridized carbons (Fsp3) is 0.647. The molecule has 2 heterocycles. The molecular formula is C17H26N2O2. The summed E-state index contributed by atoms with van der Waals surface area (Å²) in [5, 5.41) is 3.68. The average molecular weight is 290 g/mol. The van der Waals surface area contributed by atoms with E-state index >= 15 is 0 Å². The van der Waals surface area contributed by atoms with E-state index in [4.69, 9.17) is 9.47 Å². The highest BCUT2D eigenvalue weighted by atomic mass is 16.5. The molecule has 0 radical (unpaired) electrons. The van der Waals surface area contributed by atoms with Gasteiger partial charge in [0, 0.05) is 25.2 Å². The van der Waals surface area contributed by atoms with Crippen LogP contribution in [0.2, 0.25) is 0 Å². The van der Waals surface area contributed by atoms with E-state index in [-0.39, 0.29) is 0 Å². The Labute approximate surface area is 127 Å². The summed E-state index contributed by atoms with van der Waals surface area (Å²) in [5.41, 5.74) is 0. The summed E-state index contributed by atoms with van der Waals surface area (Å²) in [5.74, 6) is 1.63. The standard InChI is InChI=1S/C17H26N2O2/c1-20-16-7-2-3-8-17(16)21-13-10-18-14-9-12-19-11-5-4-6-15(14)19/h2-3,7-8,14-15,18H,4-6,9-13H2,1H3. The van der Waals surface area contributed by atoms with Crippen LogP contribution in [0.25, 0.3) is 0 Å². The average Bonchev–Trinajstić information content (AvgIpc) is 2.95. The van der Waals surface area contributed by atoms with Gasteiger partial charge < -0.3 is 14.8 Å². The highest BCUT2D eigenvalue weighted by molar-refractivity contribution is 5.39. The van der Waals surface area contributed by atoms with Gasteiger partial charge >= 0.3 is 0 Å². The van der Waals surface area contributed by atoms with Crippen molar-refractivity contribution in [1.82, 2.24) is 10.2 Å². The molecule has 0 saturated carbocycles.